The van der Waals surface area contributed by atoms with Gasteiger partial charge in [-0.15, -0.1) is 0 Å². The van der Waals surface area contributed by atoms with Gasteiger partial charge >= 0.3 is 5.97 Å². The molecule has 3 rings (SSSR count). The molecule has 0 aliphatic rings. The number of hydrogen-bond donors (Lipinski definition) is 2. The molecule has 0 saturated heterocycles. The molecule has 0 radical (unpaired) electrons. The molecule has 7 nitrogen and oxygen atoms in total. The number of nitrogens with one attached hydrogen (secondary N) is 2. The van der Waals surface area contributed by atoms with Gasteiger partial charge in [-0.05, 0) is 61.9 Å². The number of esters is 1. The molecule has 0 aliphatic carbocycles. The number of carbonyl (C=O) groups excluding carboxylic acids is 2. The number of sulfonamides is 1. The number of para-hydroxylation sites is 1. The number of benzene rings is 3. The van der Waals surface area contributed by atoms with Crippen molar-refractivity contribution in [1.82, 2.24) is 0 Å². The van der Waals surface area contributed by atoms with Crippen molar-refractivity contribution in [2.24, 2.45) is 0 Å². The number of anilines is 2. The van der Waals surface area contributed by atoms with Gasteiger partial charge in [-0.2, -0.15) is 0 Å². The van der Waals surface area contributed by atoms with Gasteiger partial charge in [0.1, 0.15) is 4.90 Å². The van der Waals surface area contributed by atoms with Crippen molar-refractivity contribution in [3.05, 3.63) is 88.4 Å². The highest BCUT2D eigenvalue weighted by Crippen LogP contribution is 2.26. The first-order valence-electron chi connectivity index (χ1n) is 9.68. The molecule has 1 amide bonds. The summed E-state index contributed by atoms with van der Waals surface area (Å²) in [6, 6.07) is 17.1. The van der Waals surface area contributed by atoms with Gasteiger partial charge in [-0.25, -0.2) is 13.2 Å². The van der Waals surface area contributed by atoms with E-state index in [0.29, 0.717) is 5.69 Å². The minimum atomic E-state index is -4.05. The van der Waals surface area contributed by atoms with Crippen molar-refractivity contribution in [2.75, 3.05) is 16.6 Å². The van der Waals surface area contributed by atoms with Crippen molar-refractivity contribution in [2.45, 2.75) is 18.7 Å². The summed E-state index contributed by atoms with van der Waals surface area (Å²) in [7, 11) is -4.05. The Balaban J connectivity index is 1.89. The third-order valence-electron chi connectivity index (χ3n) is 4.42. The monoisotopic (exact) mass is 472 g/mol. The SMILES string of the molecule is CCOC(=O)c1ccccc1NC(=O)c1ccc(Cl)c(S(=O)(=O)Nc2cccc(C)c2)c1. The van der Waals surface area contributed by atoms with Crippen molar-refractivity contribution in [3.8, 4) is 0 Å². The quantitative estimate of drug-likeness (QED) is 0.477. The van der Waals surface area contributed by atoms with Crippen LogP contribution in [0.25, 0.3) is 0 Å². The molecular formula is C23H21ClN2O5S. The van der Waals surface area contributed by atoms with E-state index in [1.807, 2.05) is 13.0 Å². The summed E-state index contributed by atoms with van der Waals surface area (Å²) in [5.74, 6) is -1.18. The van der Waals surface area contributed by atoms with Crippen LogP contribution in [-0.2, 0) is 14.8 Å². The molecule has 32 heavy (non-hydrogen) atoms. The van der Waals surface area contributed by atoms with Crippen LogP contribution in [0, 0.1) is 6.92 Å². The summed E-state index contributed by atoms with van der Waals surface area (Å²) >= 11 is 6.13. The predicted molar refractivity (Wildman–Crippen MR) is 124 cm³/mol. The molecule has 0 saturated carbocycles. The minimum Gasteiger partial charge on any atom is -0.462 e. The molecule has 0 spiro atoms. The van der Waals surface area contributed by atoms with E-state index in [1.54, 1.807) is 43.3 Å². The maximum absolute atomic E-state index is 12.9. The van der Waals surface area contributed by atoms with Crippen LogP contribution in [0.15, 0.2) is 71.6 Å². The Kier molecular flexibility index (Phi) is 7.17. The number of aryl methyl sites for hydroxylation is 1. The summed E-state index contributed by atoms with van der Waals surface area (Å²) < 4.78 is 33.3. The summed E-state index contributed by atoms with van der Waals surface area (Å²) in [6.07, 6.45) is 0. The zero-order valence-corrected chi connectivity index (χ0v) is 19.0. The molecule has 0 atom stereocenters. The lowest BCUT2D eigenvalue weighted by molar-refractivity contribution is 0.0527. The highest BCUT2D eigenvalue weighted by molar-refractivity contribution is 7.92. The summed E-state index contributed by atoms with van der Waals surface area (Å²) in [5.41, 5.74) is 1.74. The van der Waals surface area contributed by atoms with Crippen LogP contribution in [0.4, 0.5) is 11.4 Å². The maximum Gasteiger partial charge on any atom is 0.340 e. The Morgan fingerprint density at radius 2 is 1.75 bits per heavy atom. The van der Waals surface area contributed by atoms with Crippen molar-refractivity contribution < 1.29 is 22.7 Å². The highest BCUT2D eigenvalue weighted by Gasteiger charge is 2.21. The van der Waals surface area contributed by atoms with E-state index in [0.717, 1.165) is 5.56 Å². The second-order valence-electron chi connectivity index (χ2n) is 6.84. The molecule has 0 heterocycles. The van der Waals surface area contributed by atoms with Crippen LogP contribution < -0.4 is 10.0 Å². The Bertz CT molecular complexity index is 1270. The lowest BCUT2D eigenvalue weighted by Gasteiger charge is -2.13. The molecule has 3 aromatic carbocycles. The lowest BCUT2D eigenvalue weighted by Crippen LogP contribution is -2.18. The molecule has 166 valence electrons. The van der Waals surface area contributed by atoms with Gasteiger partial charge in [0.05, 0.1) is 22.9 Å². The largest absolute Gasteiger partial charge is 0.462 e. The Hall–Kier alpha value is -3.36. The van der Waals surface area contributed by atoms with Crippen molar-refractivity contribution >= 4 is 44.9 Å². The Morgan fingerprint density at radius 1 is 1.00 bits per heavy atom. The van der Waals surface area contributed by atoms with E-state index < -0.39 is 21.9 Å². The fraction of sp³-hybridized carbons (Fsp3) is 0.130. The van der Waals surface area contributed by atoms with Gasteiger partial charge < -0.3 is 10.1 Å². The van der Waals surface area contributed by atoms with Gasteiger partial charge in [-0.3, -0.25) is 9.52 Å². The third kappa shape index (κ3) is 5.46. The summed E-state index contributed by atoms with van der Waals surface area (Å²) in [5, 5.41) is 2.59. The van der Waals surface area contributed by atoms with E-state index in [-0.39, 0.29) is 33.3 Å². The second kappa shape index (κ2) is 9.84. The van der Waals surface area contributed by atoms with E-state index >= 15 is 0 Å². The molecular weight excluding hydrogens is 452 g/mol. The zero-order chi connectivity index (χ0) is 23.3. The van der Waals surface area contributed by atoms with Crippen LogP contribution in [0.5, 0.6) is 0 Å². The Labute approximate surface area is 191 Å². The zero-order valence-electron chi connectivity index (χ0n) is 17.4. The van der Waals surface area contributed by atoms with Crippen LogP contribution in [-0.4, -0.2) is 26.9 Å². The van der Waals surface area contributed by atoms with Gasteiger partial charge in [0.2, 0.25) is 0 Å². The first kappa shape index (κ1) is 23.3. The van der Waals surface area contributed by atoms with Crippen LogP contribution in [0.1, 0.15) is 33.2 Å². The molecule has 2 N–H and O–H groups in total. The fourth-order valence-corrected chi connectivity index (χ4v) is 4.52. The summed E-state index contributed by atoms with van der Waals surface area (Å²) in [6.45, 7) is 3.71. The number of amides is 1. The molecule has 0 unspecified atom stereocenters. The standard InChI is InChI=1S/C23H21ClN2O5S/c1-3-31-23(28)18-9-4-5-10-20(18)25-22(27)16-11-12-19(24)21(14-16)32(29,30)26-17-8-6-7-15(2)13-17/h4-14,26H,3H2,1-2H3,(H,25,27). The van der Waals surface area contributed by atoms with Crippen molar-refractivity contribution in [1.29, 1.82) is 0 Å². The fourth-order valence-electron chi connectivity index (χ4n) is 2.94. The first-order valence-corrected chi connectivity index (χ1v) is 11.5. The van der Waals surface area contributed by atoms with Gasteiger partial charge in [0.15, 0.2) is 0 Å². The first-order chi connectivity index (χ1) is 15.2. The number of halogens is 1. The maximum atomic E-state index is 12.9. The number of carbonyl (C=O) groups is 2. The van der Waals surface area contributed by atoms with Gasteiger partial charge in [0.25, 0.3) is 15.9 Å². The minimum absolute atomic E-state index is 0.0337. The van der Waals surface area contributed by atoms with Crippen LogP contribution in [0.3, 0.4) is 0 Å². The molecule has 0 aromatic heterocycles. The average Bonchev–Trinajstić information content (AvgIpc) is 2.74. The molecule has 0 fully saturated rings. The molecule has 0 aliphatic heterocycles. The Morgan fingerprint density at radius 3 is 2.47 bits per heavy atom. The van der Waals surface area contributed by atoms with Gasteiger partial charge in [0, 0.05) is 11.3 Å². The number of hydrogen-bond acceptors (Lipinski definition) is 5. The van der Waals surface area contributed by atoms with E-state index in [4.69, 9.17) is 16.3 Å². The van der Waals surface area contributed by atoms with E-state index in [9.17, 15) is 18.0 Å². The predicted octanol–water partition coefficient (Wildman–Crippen LogP) is 4.88. The normalized spacial score (nSPS) is 11.0. The molecule has 3 aromatic rings. The van der Waals surface area contributed by atoms with Gasteiger partial charge in [-0.1, -0.05) is 35.9 Å². The lowest BCUT2D eigenvalue weighted by atomic mass is 10.1. The van der Waals surface area contributed by atoms with Crippen LogP contribution in [0.2, 0.25) is 5.02 Å². The third-order valence-corrected chi connectivity index (χ3v) is 6.29. The van der Waals surface area contributed by atoms with E-state index in [2.05, 4.69) is 10.0 Å². The second-order valence-corrected chi connectivity index (χ2v) is 8.90. The average molecular weight is 473 g/mol. The number of rotatable bonds is 7. The van der Waals surface area contributed by atoms with Crippen molar-refractivity contribution in [3.63, 3.8) is 0 Å². The number of ether oxygens (including phenoxy) is 1. The van der Waals surface area contributed by atoms with E-state index in [1.165, 1.54) is 24.3 Å². The smallest absolute Gasteiger partial charge is 0.340 e. The highest BCUT2D eigenvalue weighted by atomic mass is 35.5. The molecule has 0 bridgehead atoms. The van der Waals surface area contributed by atoms with Crippen LogP contribution >= 0.6 is 11.6 Å². The topological polar surface area (TPSA) is 102 Å². The molecule has 9 heteroatoms. The summed E-state index contributed by atoms with van der Waals surface area (Å²) in [4.78, 5) is 24.7.